The molecule has 1 fully saturated rings. The maximum absolute atomic E-state index is 13.4. The van der Waals surface area contributed by atoms with Crippen molar-refractivity contribution in [3.8, 4) is 5.82 Å². The molecule has 37 heavy (non-hydrogen) atoms. The molecule has 0 bridgehead atoms. The summed E-state index contributed by atoms with van der Waals surface area (Å²) in [5.41, 5.74) is 1.54. The third-order valence-corrected chi connectivity index (χ3v) is 6.64. The number of methoxy groups -OCH3 is 1. The minimum atomic E-state index is -0.426. The molecule has 0 saturated heterocycles. The van der Waals surface area contributed by atoms with Gasteiger partial charge in [-0.2, -0.15) is 9.97 Å². The molecule has 0 radical (unpaired) electrons. The predicted octanol–water partition coefficient (Wildman–Crippen LogP) is 4.94. The summed E-state index contributed by atoms with van der Waals surface area (Å²) in [4.78, 5) is 26.1. The number of rotatable bonds is 12. The molecule has 194 valence electrons. The van der Waals surface area contributed by atoms with Gasteiger partial charge in [-0.15, -0.1) is 0 Å². The van der Waals surface area contributed by atoms with Gasteiger partial charge >= 0.3 is 0 Å². The third kappa shape index (κ3) is 7.79. The van der Waals surface area contributed by atoms with E-state index in [0.717, 1.165) is 24.8 Å². The Morgan fingerprint density at radius 1 is 1.16 bits per heavy atom. The Kier molecular flexibility index (Phi) is 9.49. The van der Waals surface area contributed by atoms with Crippen molar-refractivity contribution < 1.29 is 9.53 Å². The lowest BCUT2D eigenvalue weighted by Gasteiger charge is -2.27. The van der Waals surface area contributed by atoms with Crippen LogP contribution in [0.5, 0.6) is 0 Å². The zero-order valence-electron chi connectivity index (χ0n) is 21.3. The fourth-order valence-electron chi connectivity index (χ4n) is 4.64. The van der Waals surface area contributed by atoms with Gasteiger partial charge in [0.1, 0.15) is 17.7 Å². The number of nitrogens with one attached hydrogen (secondary N) is 3. The average molecular weight is 502 g/mol. The molecule has 2 aromatic heterocycles. The van der Waals surface area contributed by atoms with Crippen LogP contribution in [-0.4, -0.2) is 46.7 Å². The molecule has 0 unspecified atom stereocenters. The molecule has 2 heterocycles. The van der Waals surface area contributed by atoms with E-state index in [0.29, 0.717) is 48.9 Å². The molecule has 1 aromatic carbocycles. The van der Waals surface area contributed by atoms with Gasteiger partial charge in [-0.1, -0.05) is 56.4 Å². The van der Waals surface area contributed by atoms with Crippen molar-refractivity contribution in [2.24, 2.45) is 5.92 Å². The van der Waals surface area contributed by atoms with E-state index in [9.17, 15) is 4.79 Å². The maximum atomic E-state index is 13.4. The first-order valence-corrected chi connectivity index (χ1v) is 12.9. The molecule has 1 saturated carbocycles. The average Bonchev–Trinajstić information content (AvgIpc) is 3.48. The second-order valence-corrected chi connectivity index (χ2v) is 9.38. The van der Waals surface area contributed by atoms with E-state index < -0.39 is 6.04 Å². The summed E-state index contributed by atoms with van der Waals surface area (Å²) in [6.45, 7) is 8.63. The van der Waals surface area contributed by atoms with Crippen molar-refractivity contribution in [1.82, 2.24) is 19.9 Å². The van der Waals surface area contributed by atoms with Crippen LogP contribution < -0.4 is 16.0 Å². The lowest BCUT2D eigenvalue weighted by atomic mass is 9.84. The highest BCUT2D eigenvalue weighted by Gasteiger charge is 2.25. The molecular formula is C28H35N7O2. The number of carbonyl (C=O) groups is 1. The van der Waals surface area contributed by atoms with E-state index in [1.165, 1.54) is 19.3 Å². The summed E-state index contributed by atoms with van der Waals surface area (Å²) in [6, 6.07) is 12.6. The van der Waals surface area contributed by atoms with Gasteiger partial charge in [-0.25, -0.2) is 4.85 Å². The normalized spacial score (nSPS) is 14.5. The van der Waals surface area contributed by atoms with Crippen LogP contribution in [0.15, 0.2) is 54.9 Å². The maximum Gasteiger partial charge on any atom is 0.242 e. The van der Waals surface area contributed by atoms with E-state index in [1.54, 1.807) is 19.2 Å². The van der Waals surface area contributed by atoms with E-state index in [4.69, 9.17) is 11.3 Å². The summed E-state index contributed by atoms with van der Waals surface area (Å²) in [6.07, 6.45) is 10.6. The largest absolute Gasteiger partial charge is 0.383 e. The Bertz CT molecular complexity index is 1170. The second-order valence-electron chi connectivity index (χ2n) is 9.38. The molecule has 0 spiro atoms. The minimum absolute atomic E-state index is 0.0603. The van der Waals surface area contributed by atoms with E-state index in [1.807, 2.05) is 47.3 Å². The first-order valence-electron chi connectivity index (χ1n) is 12.9. The molecule has 4 rings (SSSR count). The van der Waals surface area contributed by atoms with E-state index >= 15 is 0 Å². The van der Waals surface area contributed by atoms with Crippen LogP contribution in [0.2, 0.25) is 0 Å². The standard InChI is InChI=1S/C28H35N7O2/c1-29-23-12-10-22(11-13-23)20-31-27(36)24(18-21-8-4-3-5-9-21)32-25-19-26(35-15-6-7-16-35)34-28(33-25)30-14-17-37-2/h6-7,10-13,15-16,19,21,24H,3-5,8-9,14,17-18,20H2,2H3,(H,31,36)(H2,30,32,33,34)/t24-/m1/s1. The number of amides is 1. The summed E-state index contributed by atoms with van der Waals surface area (Å²) in [7, 11) is 1.65. The Labute approximate surface area is 218 Å². The molecule has 0 aliphatic heterocycles. The zero-order chi connectivity index (χ0) is 25.9. The zero-order valence-corrected chi connectivity index (χ0v) is 21.3. The minimum Gasteiger partial charge on any atom is -0.383 e. The van der Waals surface area contributed by atoms with Gasteiger partial charge in [0.25, 0.3) is 0 Å². The Morgan fingerprint density at radius 3 is 2.62 bits per heavy atom. The first-order chi connectivity index (χ1) is 18.1. The SMILES string of the molecule is [C-]#[N+]c1ccc(CNC(=O)[C@@H](CC2CCCCC2)Nc2cc(-n3cccc3)nc(NCCOC)n2)cc1. The van der Waals surface area contributed by atoms with Crippen LogP contribution in [0.25, 0.3) is 10.7 Å². The highest BCUT2D eigenvalue weighted by atomic mass is 16.5. The van der Waals surface area contributed by atoms with Gasteiger partial charge in [0.15, 0.2) is 5.69 Å². The highest BCUT2D eigenvalue weighted by molar-refractivity contribution is 5.84. The molecule has 1 amide bonds. The summed E-state index contributed by atoms with van der Waals surface area (Å²) in [5.74, 6) is 2.22. The lowest BCUT2D eigenvalue weighted by molar-refractivity contribution is -0.122. The second kappa shape index (κ2) is 13.4. The number of ether oxygens (including phenoxy) is 1. The summed E-state index contributed by atoms with van der Waals surface area (Å²) < 4.78 is 7.06. The van der Waals surface area contributed by atoms with Gasteiger partial charge in [0, 0.05) is 38.7 Å². The molecule has 3 aromatic rings. The number of carbonyl (C=O) groups excluding carboxylic acids is 1. The van der Waals surface area contributed by atoms with Crippen molar-refractivity contribution in [1.29, 1.82) is 0 Å². The Balaban J connectivity index is 1.52. The van der Waals surface area contributed by atoms with Gasteiger partial charge in [-0.3, -0.25) is 4.79 Å². The molecule has 3 N–H and O–H groups in total. The van der Waals surface area contributed by atoms with Crippen molar-refractivity contribution in [2.45, 2.75) is 51.1 Å². The summed E-state index contributed by atoms with van der Waals surface area (Å²) in [5, 5.41) is 9.72. The quantitative estimate of drug-likeness (QED) is 0.240. The van der Waals surface area contributed by atoms with Crippen LogP contribution in [-0.2, 0) is 16.1 Å². The van der Waals surface area contributed by atoms with Gasteiger partial charge in [-0.05, 0) is 30.0 Å². The molecular weight excluding hydrogens is 466 g/mol. The molecule has 9 nitrogen and oxygen atoms in total. The van der Waals surface area contributed by atoms with E-state index in [-0.39, 0.29) is 5.91 Å². The molecule has 1 aliphatic carbocycles. The molecule has 1 aliphatic rings. The van der Waals surface area contributed by atoms with Gasteiger partial charge in [0.05, 0.1) is 13.2 Å². The van der Waals surface area contributed by atoms with Crippen molar-refractivity contribution in [3.05, 3.63) is 71.8 Å². The number of hydrogen-bond acceptors (Lipinski definition) is 6. The van der Waals surface area contributed by atoms with Crippen LogP contribution in [0.3, 0.4) is 0 Å². The monoisotopic (exact) mass is 501 g/mol. The van der Waals surface area contributed by atoms with Crippen molar-refractivity contribution in [3.63, 3.8) is 0 Å². The fourth-order valence-corrected chi connectivity index (χ4v) is 4.64. The van der Waals surface area contributed by atoms with Gasteiger partial charge in [0.2, 0.25) is 11.9 Å². The smallest absolute Gasteiger partial charge is 0.242 e. The Hall–Kier alpha value is -3.90. The topological polar surface area (TPSA) is 97.5 Å². The molecule has 1 atom stereocenters. The number of aromatic nitrogens is 3. The van der Waals surface area contributed by atoms with Gasteiger partial charge < -0.3 is 25.3 Å². The third-order valence-electron chi connectivity index (χ3n) is 6.64. The number of nitrogens with zero attached hydrogens (tertiary/aromatic N) is 4. The molecule has 9 heteroatoms. The first kappa shape index (κ1) is 26.2. The summed E-state index contributed by atoms with van der Waals surface area (Å²) >= 11 is 0. The van der Waals surface area contributed by atoms with Crippen molar-refractivity contribution >= 4 is 23.4 Å². The fraction of sp³-hybridized carbons (Fsp3) is 0.429. The highest BCUT2D eigenvalue weighted by Crippen LogP contribution is 2.28. The lowest BCUT2D eigenvalue weighted by Crippen LogP contribution is -2.41. The predicted molar refractivity (Wildman–Crippen MR) is 145 cm³/mol. The van der Waals surface area contributed by atoms with Crippen LogP contribution >= 0.6 is 0 Å². The number of hydrogen-bond donors (Lipinski definition) is 3. The van der Waals surface area contributed by atoms with Crippen molar-refractivity contribution in [2.75, 3.05) is 30.9 Å². The number of benzene rings is 1. The van der Waals surface area contributed by atoms with Crippen LogP contribution in [0.4, 0.5) is 17.5 Å². The Morgan fingerprint density at radius 2 is 1.92 bits per heavy atom. The van der Waals surface area contributed by atoms with E-state index in [2.05, 4.69) is 30.8 Å². The van der Waals surface area contributed by atoms with Crippen LogP contribution in [0.1, 0.15) is 44.1 Å². The van der Waals surface area contributed by atoms with Crippen LogP contribution in [0, 0.1) is 12.5 Å². The number of anilines is 2.